The molecule has 2 rings (SSSR count). The molecule has 0 aromatic heterocycles. The van der Waals surface area contributed by atoms with Gasteiger partial charge in [-0.15, -0.1) is 0 Å². The van der Waals surface area contributed by atoms with Crippen molar-refractivity contribution in [2.45, 2.75) is 6.10 Å². The van der Waals surface area contributed by atoms with Gasteiger partial charge in [-0.05, 0) is 18.2 Å². The van der Waals surface area contributed by atoms with Crippen molar-refractivity contribution in [3.63, 3.8) is 0 Å². The SMILES string of the molecule is COc1ccc(Cl)cc1C(=O)O[C@@H](C(=O)N(C)C)c1ccccc1. The maximum atomic E-state index is 12.6. The van der Waals surface area contributed by atoms with E-state index in [9.17, 15) is 9.59 Å². The molecule has 126 valence electrons. The first-order valence-electron chi connectivity index (χ1n) is 7.24. The van der Waals surface area contributed by atoms with E-state index in [1.54, 1.807) is 50.5 Å². The van der Waals surface area contributed by atoms with Crippen molar-refractivity contribution in [1.82, 2.24) is 4.90 Å². The molecule has 0 bridgehead atoms. The molecule has 1 atom stereocenters. The average molecular weight is 348 g/mol. The summed E-state index contributed by atoms with van der Waals surface area (Å²) < 4.78 is 10.6. The zero-order chi connectivity index (χ0) is 17.7. The molecule has 0 N–H and O–H groups in total. The Morgan fingerprint density at radius 3 is 2.33 bits per heavy atom. The van der Waals surface area contributed by atoms with Crippen LogP contribution in [0.2, 0.25) is 5.02 Å². The van der Waals surface area contributed by atoms with Gasteiger partial charge in [0, 0.05) is 24.7 Å². The van der Waals surface area contributed by atoms with Gasteiger partial charge in [0.25, 0.3) is 5.91 Å². The van der Waals surface area contributed by atoms with Crippen LogP contribution in [-0.2, 0) is 9.53 Å². The molecule has 0 aliphatic rings. The summed E-state index contributed by atoms with van der Waals surface area (Å²) in [4.78, 5) is 26.4. The predicted octanol–water partition coefficient (Wildman–Crippen LogP) is 3.33. The molecule has 0 saturated heterocycles. The Kier molecular flexibility index (Phi) is 5.82. The topological polar surface area (TPSA) is 55.8 Å². The third-order valence-corrected chi connectivity index (χ3v) is 3.61. The number of likely N-dealkylation sites (N-methyl/N-ethyl adjacent to an activating group) is 1. The number of ether oxygens (including phenoxy) is 2. The van der Waals surface area contributed by atoms with Crippen LogP contribution in [0.4, 0.5) is 0 Å². The van der Waals surface area contributed by atoms with E-state index in [1.807, 2.05) is 6.07 Å². The van der Waals surface area contributed by atoms with Crippen molar-refractivity contribution in [3.05, 3.63) is 64.7 Å². The third-order valence-electron chi connectivity index (χ3n) is 3.37. The fourth-order valence-corrected chi connectivity index (χ4v) is 2.31. The highest BCUT2D eigenvalue weighted by molar-refractivity contribution is 6.31. The Morgan fingerprint density at radius 2 is 1.75 bits per heavy atom. The van der Waals surface area contributed by atoms with Crippen molar-refractivity contribution in [3.8, 4) is 5.75 Å². The van der Waals surface area contributed by atoms with E-state index in [2.05, 4.69) is 0 Å². The van der Waals surface area contributed by atoms with E-state index in [0.717, 1.165) is 0 Å². The molecule has 2 aromatic carbocycles. The van der Waals surface area contributed by atoms with Crippen LogP contribution in [0.5, 0.6) is 5.75 Å². The Balaban J connectivity index is 2.35. The molecule has 0 aliphatic heterocycles. The maximum Gasteiger partial charge on any atom is 0.343 e. The molecular weight excluding hydrogens is 330 g/mol. The van der Waals surface area contributed by atoms with Crippen LogP contribution in [0.25, 0.3) is 0 Å². The quantitative estimate of drug-likeness (QED) is 0.778. The zero-order valence-corrected chi connectivity index (χ0v) is 14.4. The second-order valence-electron chi connectivity index (χ2n) is 5.27. The third kappa shape index (κ3) is 4.06. The monoisotopic (exact) mass is 347 g/mol. The number of benzene rings is 2. The highest BCUT2D eigenvalue weighted by atomic mass is 35.5. The Morgan fingerprint density at radius 1 is 1.08 bits per heavy atom. The number of hydrogen-bond acceptors (Lipinski definition) is 4. The lowest BCUT2D eigenvalue weighted by Gasteiger charge is -2.21. The number of carbonyl (C=O) groups is 2. The van der Waals surface area contributed by atoms with Gasteiger partial charge in [-0.2, -0.15) is 0 Å². The van der Waals surface area contributed by atoms with Crippen LogP contribution in [0.3, 0.4) is 0 Å². The van der Waals surface area contributed by atoms with Gasteiger partial charge >= 0.3 is 5.97 Å². The summed E-state index contributed by atoms with van der Waals surface area (Å²) in [6.45, 7) is 0. The van der Waals surface area contributed by atoms with Gasteiger partial charge in [-0.3, -0.25) is 4.79 Å². The number of nitrogens with zero attached hydrogens (tertiary/aromatic N) is 1. The minimum Gasteiger partial charge on any atom is -0.496 e. The second-order valence-corrected chi connectivity index (χ2v) is 5.71. The van der Waals surface area contributed by atoms with Gasteiger partial charge in [0.2, 0.25) is 6.10 Å². The van der Waals surface area contributed by atoms with Gasteiger partial charge < -0.3 is 14.4 Å². The molecule has 0 spiro atoms. The van der Waals surface area contributed by atoms with Crippen molar-refractivity contribution < 1.29 is 19.1 Å². The molecule has 2 aromatic rings. The molecule has 0 aliphatic carbocycles. The lowest BCUT2D eigenvalue weighted by atomic mass is 10.1. The van der Waals surface area contributed by atoms with Crippen LogP contribution < -0.4 is 4.74 Å². The number of methoxy groups -OCH3 is 1. The van der Waals surface area contributed by atoms with E-state index < -0.39 is 12.1 Å². The average Bonchev–Trinajstić information content (AvgIpc) is 2.59. The molecule has 0 saturated carbocycles. The first-order chi connectivity index (χ1) is 11.4. The largest absolute Gasteiger partial charge is 0.496 e. The number of carbonyl (C=O) groups excluding carboxylic acids is 2. The highest BCUT2D eigenvalue weighted by Crippen LogP contribution is 2.27. The number of halogens is 1. The number of hydrogen-bond donors (Lipinski definition) is 0. The molecule has 24 heavy (non-hydrogen) atoms. The molecule has 6 heteroatoms. The fraction of sp³-hybridized carbons (Fsp3) is 0.222. The fourth-order valence-electron chi connectivity index (χ4n) is 2.13. The van der Waals surface area contributed by atoms with Crippen molar-refractivity contribution in [2.24, 2.45) is 0 Å². The lowest BCUT2D eigenvalue weighted by molar-refractivity contribution is -0.138. The van der Waals surface area contributed by atoms with Gasteiger partial charge in [0.1, 0.15) is 11.3 Å². The zero-order valence-electron chi connectivity index (χ0n) is 13.7. The van der Waals surface area contributed by atoms with Crippen LogP contribution in [-0.4, -0.2) is 38.0 Å². The van der Waals surface area contributed by atoms with Crippen LogP contribution in [0, 0.1) is 0 Å². The summed E-state index contributed by atoms with van der Waals surface area (Å²) in [6, 6.07) is 13.5. The standard InChI is InChI=1S/C18H18ClNO4/c1-20(2)17(21)16(12-7-5-4-6-8-12)24-18(22)14-11-13(19)9-10-15(14)23-3/h4-11,16H,1-3H3/t16-/m1/s1. The molecule has 0 fully saturated rings. The summed E-state index contributed by atoms with van der Waals surface area (Å²) in [5, 5.41) is 0.373. The molecule has 0 unspecified atom stereocenters. The highest BCUT2D eigenvalue weighted by Gasteiger charge is 2.28. The molecule has 5 nitrogen and oxygen atoms in total. The Hall–Kier alpha value is -2.53. The Labute approximate surface area is 145 Å². The van der Waals surface area contributed by atoms with Crippen LogP contribution in [0.1, 0.15) is 22.0 Å². The van der Waals surface area contributed by atoms with E-state index in [1.165, 1.54) is 18.1 Å². The van der Waals surface area contributed by atoms with E-state index in [0.29, 0.717) is 16.3 Å². The molecule has 1 amide bonds. The smallest absolute Gasteiger partial charge is 0.343 e. The van der Waals surface area contributed by atoms with Gasteiger partial charge in [0.15, 0.2) is 0 Å². The van der Waals surface area contributed by atoms with E-state index in [-0.39, 0.29) is 11.5 Å². The minimum atomic E-state index is -1.04. The summed E-state index contributed by atoms with van der Waals surface area (Å²) in [7, 11) is 4.65. The van der Waals surface area contributed by atoms with Gasteiger partial charge in [-0.1, -0.05) is 41.9 Å². The number of rotatable bonds is 5. The maximum absolute atomic E-state index is 12.6. The van der Waals surface area contributed by atoms with Crippen molar-refractivity contribution in [2.75, 3.05) is 21.2 Å². The first-order valence-corrected chi connectivity index (χ1v) is 7.62. The first kappa shape index (κ1) is 17.8. The Bertz CT molecular complexity index is 731. The van der Waals surface area contributed by atoms with Gasteiger partial charge in [-0.25, -0.2) is 4.79 Å². The second kappa shape index (κ2) is 7.84. The van der Waals surface area contributed by atoms with Crippen LogP contribution in [0.15, 0.2) is 48.5 Å². The number of esters is 1. The van der Waals surface area contributed by atoms with Crippen LogP contribution >= 0.6 is 11.6 Å². The molecule has 0 radical (unpaired) electrons. The van der Waals surface area contributed by atoms with Crippen molar-refractivity contribution >= 4 is 23.5 Å². The predicted molar refractivity (Wildman–Crippen MR) is 91.3 cm³/mol. The van der Waals surface area contributed by atoms with E-state index >= 15 is 0 Å². The lowest BCUT2D eigenvalue weighted by Crippen LogP contribution is -2.31. The molecular formula is C18H18ClNO4. The van der Waals surface area contributed by atoms with Gasteiger partial charge in [0.05, 0.1) is 7.11 Å². The summed E-state index contributed by atoms with van der Waals surface area (Å²) >= 11 is 5.95. The van der Waals surface area contributed by atoms with E-state index in [4.69, 9.17) is 21.1 Å². The summed E-state index contributed by atoms with van der Waals surface area (Å²) in [6.07, 6.45) is -1.04. The minimum absolute atomic E-state index is 0.164. The molecule has 0 heterocycles. The van der Waals surface area contributed by atoms with Crippen molar-refractivity contribution in [1.29, 1.82) is 0 Å². The summed E-state index contributed by atoms with van der Waals surface area (Å²) in [5.41, 5.74) is 0.753. The summed E-state index contributed by atoms with van der Waals surface area (Å²) in [5.74, 6) is -0.692. The number of amides is 1. The normalized spacial score (nSPS) is 11.5.